The molecule has 0 bridgehead atoms. The van der Waals surface area contributed by atoms with E-state index in [4.69, 9.17) is 4.74 Å². The van der Waals surface area contributed by atoms with Crippen molar-refractivity contribution in [3.63, 3.8) is 0 Å². The van der Waals surface area contributed by atoms with Crippen LogP contribution in [0.1, 0.15) is 16.7 Å². The fourth-order valence-corrected chi connectivity index (χ4v) is 3.45. The van der Waals surface area contributed by atoms with Crippen molar-refractivity contribution in [3.8, 4) is 6.01 Å². The lowest BCUT2D eigenvalue weighted by Crippen LogP contribution is -2.45. The second-order valence-corrected chi connectivity index (χ2v) is 7.17. The maximum atomic E-state index is 5.60. The molecule has 144 valence electrons. The molecule has 0 N–H and O–H groups in total. The average molecular weight is 374 g/mol. The van der Waals surface area contributed by atoms with E-state index in [0.717, 1.165) is 44.8 Å². The molecular formula is C23H26N4O. The molecule has 1 fully saturated rings. The van der Waals surface area contributed by atoms with Crippen LogP contribution in [-0.2, 0) is 19.7 Å². The van der Waals surface area contributed by atoms with Crippen LogP contribution in [0.2, 0.25) is 0 Å². The van der Waals surface area contributed by atoms with Crippen LogP contribution in [0.3, 0.4) is 0 Å². The van der Waals surface area contributed by atoms with E-state index in [-0.39, 0.29) is 0 Å². The van der Waals surface area contributed by atoms with E-state index in [0.29, 0.717) is 12.6 Å². The molecule has 1 aliphatic rings. The summed E-state index contributed by atoms with van der Waals surface area (Å²) in [6, 6.07) is 21.6. The lowest BCUT2D eigenvalue weighted by Gasteiger charge is -2.34. The highest BCUT2D eigenvalue weighted by Gasteiger charge is 2.17. The van der Waals surface area contributed by atoms with Crippen LogP contribution in [0.4, 0.5) is 0 Å². The third-order valence-corrected chi connectivity index (χ3v) is 5.05. The first-order chi connectivity index (χ1) is 13.8. The highest BCUT2D eigenvalue weighted by molar-refractivity contribution is 5.22. The molecular weight excluding hydrogens is 348 g/mol. The van der Waals surface area contributed by atoms with Crippen molar-refractivity contribution in [1.82, 2.24) is 19.8 Å². The summed E-state index contributed by atoms with van der Waals surface area (Å²) >= 11 is 0. The molecule has 2 heterocycles. The lowest BCUT2D eigenvalue weighted by atomic mass is 10.1. The Hall–Kier alpha value is -2.76. The number of hydrogen-bond donors (Lipinski definition) is 0. The van der Waals surface area contributed by atoms with Crippen molar-refractivity contribution < 1.29 is 4.74 Å². The Morgan fingerprint density at radius 1 is 0.643 bits per heavy atom. The predicted octanol–water partition coefficient (Wildman–Crippen LogP) is 3.37. The zero-order valence-corrected chi connectivity index (χ0v) is 16.1. The maximum absolute atomic E-state index is 5.60. The number of rotatable bonds is 7. The van der Waals surface area contributed by atoms with Crippen molar-refractivity contribution in [2.45, 2.75) is 19.7 Å². The average Bonchev–Trinajstić information content (AvgIpc) is 2.76. The van der Waals surface area contributed by atoms with E-state index in [9.17, 15) is 0 Å². The molecule has 1 aliphatic heterocycles. The van der Waals surface area contributed by atoms with Crippen molar-refractivity contribution in [3.05, 3.63) is 89.7 Å². The molecule has 0 aliphatic carbocycles. The first kappa shape index (κ1) is 18.6. The molecule has 0 saturated carbocycles. The van der Waals surface area contributed by atoms with Gasteiger partial charge in [0.05, 0.1) is 0 Å². The normalized spacial score (nSPS) is 15.4. The molecule has 0 atom stereocenters. The number of hydrogen-bond acceptors (Lipinski definition) is 5. The van der Waals surface area contributed by atoms with E-state index < -0.39 is 0 Å². The molecule has 1 aromatic heterocycles. The zero-order chi connectivity index (χ0) is 19.0. The molecule has 1 saturated heterocycles. The highest BCUT2D eigenvalue weighted by Crippen LogP contribution is 2.13. The number of benzene rings is 2. The van der Waals surface area contributed by atoms with E-state index >= 15 is 0 Å². The summed E-state index contributed by atoms with van der Waals surface area (Å²) in [6.45, 7) is 7.01. The van der Waals surface area contributed by atoms with Crippen molar-refractivity contribution in [1.29, 1.82) is 0 Å². The molecule has 0 spiro atoms. The van der Waals surface area contributed by atoms with Gasteiger partial charge >= 0.3 is 6.01 Å². The Morgan fingerprint density at radius 3 is 1.79 bits per heavy atom. The van der Waals surface area contributed by atoms with Gasteiger partial charge in [0.15, 0.2) is 0 Å². The molecule has 5 nitrogen and oxygen atoms in total. The van der Waals surface area contributed by atoms with Crippen LogP contribution >= 0.6 is 0 Å². The van der Waals surface area contributed by atoms with Gasteiger partial charge in [-0.1, -0.05) is 54.6 Å². The monoisotopic (exact) mass is 374 g/mol. The summed E-state index contributed by atoms with van der Waals surface area (Å²) in [7, 11) is 0. The largest absolute Gasteiger partial charge is 0.459 e. The minimum atomic E-state index is 0.417. The van der Waals surface area contributed by atoms with Crippen molar-refractivity contribution in [2.24, 2.45) is 0 Å². The van der Waals surface area contributed by atoms with Crippen LogP contribution in [0.25, 0.3) is 0 Å². The molecule has 28 heavy (non-hydrogen) atoms. The first-order valence-electron chi connectivity index (χ1n) is 9.81. The molecule has 0 unspecified atom stereocenters. The summed E-state index contributed by atoms with van der Waals surface area (Å²) in [4.78, 5) is 13.2. The minimum Gasteiger partial charge on any atom is -0.459 e. The van der Waals surface area contributed by atoms with Gasteiger partial charge in [0.1, 0.15) is 6.61 Å². The second-order valence-electron chi connectivity index (χ2n) is 7.17. The van der Waals surface area contributed by atoms with Gasteiger partial charge in [0, 0.05) is 51.7 Å². The standard InChI is InChI=1S/C23H26N4O/c1-2-5-20(6-3-1)17-26-13-15-27(16-14-26)18-21-7-9-22(10-8-21)19-28-23-24-11-4-12-25-23/h1-12H,13-19H2. The van der Waals surface area contributed by atoms with Gasteiger partial charge in [0.25, 0.3) is 0 Å². The van der Waals surface area contributed by atoms with Gasteiger partial charge in [-0.05, 0) is 22.8 Å². The van der Waals surface area contributed by atoms with Crippen LogP contribution in [0.15, 0.2) is 73.1 Å². The van der Waals surface area contributed by atoms with E-state index in [2.05, 4.69) is 74.4 Å². The summed E-state index contributed by atoms with van der Waals surface area (Å²) in [6.07, 6.45) is 3.37. The Bertz CT molecular complexity index is 831. The molecule has 0 amide bonds. The lowest BCUT2D eigenvalue weighted by molar-refractivity contribution is 0.122. The van der Waals surface area contributed by atoms with E-state index in [1.165, 1.54) is 11.1 Å². The number of ether oxygens (including phenoxy) is 1. The number of nitrogens with zero attached hydrogens (tertiary/aromatic N) is 4. The van der Waals surface area contributed by atoms with Crippen LogP contribution in [0, 0.1) is 0 Å². The summed E-state index contributed by atoms with van der Waals surface area (Å²) in [5.41, 5.74) is 3.87. The molecule has 5 heteroatoms. The number of aromatic nitrogens is 2. The summed E-state index contributed by atoms with van der Waals surface area (Å²) in [5, 5.41) is 0. The third-order valence-electron chi connectivity index (χ3n) is 5.05. The van der Waals surface area contributed by atoms with Gasteiger partial charge < -0.3 is 4.74 Å². The Kier molecular flexibility index (Phi) is 6.27. The maximum Gasteiger partial charge on any atom is 0.316 e. The quantitative estimate of drug-likeness (QED) is 0.634. The fourth-order valence-electron chi connectivity index (χ4n) is 3.45. The predicted molar refractivity (Wildman–Crippen MR) is 110 cm³/mol. The smallest absolute Gasteiger partial charge is 0.316 e. The summed E-state index contributed by atoms with van der Waals surface area (Å²) < 4.78 is 5.60. The van der Waals surface area contributed by atoms with Crippen LogP contribution < -0.4 is 4.74 Å². The second kappa shape index (κ2) is 9.44. The third kappa shape index (κ3) is 5.38. The Morgan fingerprint density at radius 2 is 1.18 bits per heavy atom. The van der Waals surface area contributed by atoms with Crippen LogP contribution in [-0.4, -0.2) is 45.9 Å². The number of piperazine rings is 1. The highest BCUT2D eigenvalue weighted by atomic mass is 16.5. The SMILES string of the molecule is c1ccc(CN2CCN(Cc3ccc(COc4ncccn4)cc3)CC2)cc1. The van der Waals surface area contributed by atoms with Crippen LogP contribution in [0.5, 0.6) is 6.01 Å². The molecule has 0 radical (unpaired) electrons. The van der Waals surface area contributed by atoms with Gasteiger partial charge in [-0.3, -0.25) is 9.80 Å². The van der Waals surface area contributed by atoms with E-state index in [1.54, 1.807) is 18.5 Å². The molecule has 4 rings (SSSR count). The first-order valence-corrected chi connectivity index (χ1v) is 9.81. The van der Waals surface area contributed by atoms with Gasteiger partial charge in [-0.2, -0.15) is 0 Å². The van der Waals surface area contributed by atoms with E-state index in [1.807, 2.05) is 0 Å². The van der Waals surface area contributed by atoms with Gasteiger partial charge in [-0.15, -0.1) is 0 Å². The minimum absolute atomic E-state index is 0.417. The molecule has 3 aromatic rings. The molecule has 2 aromatic carbocycles. The fraction of sp³-hybridized carbons (Fsp3) is 0.304. The zero-order valence-electron chi connectivity index (χ0n) is 16.1. The van der Waals surface area contributed by atoms with Gasteiger partial charge in [-0.25, -0.2) is 9.97 Å². The van der Waals surface area contributed by atoms with Crippen molar-refractivity contribution >= 4 is 0 Å². The Labute approximate surface area is 166 Å². The summed E-state index contributed by atoms with van der Waals surface area (Å²) in [5.74, 6) is 0. The van der Waals surface area contributed by atoms with Crippen molar-refractivity contribution in [2.75, 3.05) is 26.2 Å². The van der Waals surface area contributed by atoms with Gasteiger partial charge in [0.2, 0.25) is 0 Å². The Balaban J connectivity index is 1.22. The topological polar surface area (TPSA) is 41.5 Å².